The average molecular weight is 301 g/mol. The van der Waals surface area contributed by atoms with Crippen molar-refractivity contribution in [2.75, 3.05) is 6.61 Å². The number of benzene rings is 1. The molecule has 2 N–H and O–H groups in total. The van der Waals surface area contributed by atoms with Crippen molar-refractivity contribution >= 4 is 0 Å². The molecular weight excluding hydrogens is 279 g/mol. The summed E-state index contributed by atoms with van der Waals surface area (Å²) in [5.41, 5.74) is -0.526. The molecule has 21 heavy (non-hydrogen) atoms. The lowest BCUT2D eigenvalue weighted by Crippen LogP contribution is -2.35. The Morgan fingerprint density at radius 1 is 1.10 bits per heavy atom. The molecule has 5 heteroatoms. The Kier molecular flexibility index (Phi) is 5.65. The number of nitrogens with one attached hydrogen (secondary N) is 1. The van der Waals surface area contributed by atoms with Gasteiger partial charge in [-0.25, -0.2) is 0 Å². The van der Waals surface area contributed by atoms with E-state index in [-0.39, 0.29) is 18.2 Å². The normalized spacial score (nSPS) is 19.2. The number of alkyl halides is 3. The Balaban J connectivity index is 2.17. The third-order valence-electron chi connectivity index (χ3n) is 4.12. The van der Waals surface area contributed by atoms with Crippen molar-refractivity contribution in [2.45, 2.75) is 56.8 Å². The van der Waals surface area contributed by atoms with Crippen LogP contribution in [0.3, 0.4) is 0 Å². The lowest BCUT2D eigenvalue weighted by molar-refractivity contribution is -0.138. The van der Waals surface area contributed by atoms with Crippen LogP contribution < -0.4 is 5.32 Å². The molecule has 0 saturated heterocycles. The fourth-order valence-corrected chi connectivity index (χ4v) is 3.03. The number of aliphatic hydroxyl groups is 1. The Labute approximate surface area is 123 Å². The van der Waals surface area contributed by atoms with Gasteiger partial charge in [-0.3, -0.25) is 0 Å². The van der Waals surface area contributed by atoms with Crippen LogP contribution in [0.15, 0.2) is 24.3 Å². The minimum absolute atomic E-state index is 0.136. The van der Waals surface area contributed by atoms with Gasteiger partial charge in [0.2, 0.25) is 0 Å². The molecule has 0 spiro atoms. The minimum atomic E-state index is -4.39. The zero-order valence-electron chi connectivity index (χ0n) is 12.0. The molecule has 2 nitrogen and oxygen atoms in total. The molecule has 1 fully saturated rings. The molecule has 0 heterocycles. The smallest absolute Gasteiger partial charge is 0.394 e. The Bertz CT molecular complexity index is 439. The van der Waals surface area contributed by atoms with Crippen LogP contribution in [0.2, 0.25) is 0 Å². The van der Waals surface area contributed by atoms with Crippen molar-refractivity contribution in [3.8, 4) is 0 Å². The summed E-state index contributed by atoms with van der Waals surface area (Å²) in [6.45, 7) is -0.330. The second-order valence-electron chi connectivity index (χ2n) is 5.68. The number of aliphatic hydroxyl groups excluding tert-OH is 1. The van der Waals surface area contributed by atoms with E-state index in [0.29, 0.717) is 0 Å². The third kappa shape index (κ3) is 4.45. The molecule has 1 atom stereocenters. The van der Waals surface area contributed by atoms with Crippen LogP contribution in [0.25, 0.3) is 0 Å². The van der Waals surface area contributed by atoms with Gasteiger partial charge in [0.1, 0.15) is 0 Å². The molecule has 1 saturated carbocycles. The van der Waals surface area contributed by atoms with Crippen LogP contribution in [-0.2, 0) is 6.18 Å². The number of halogens is 3. The summed E-state index contributed by atoms with van der Waals surface area (Å²) in [5, 5.41) is 12.8. The van der Waals surface area contributed by atoms with E-state index in [9.17, 15) is 18.3 Å². The van der Waals surface area contributed by atoms with E-state index >= 15 is 0 Å². The summed E-state index contributed by atoms with van der Waals surface area (Å²) in [7, 11) is 0. The van der Waals surface area contributed by atoms with Gasteiger partial charge in [-0.05, 0) is 24.5 Å². The van der Waals surface area contributed by atoms with E-state index in [0.717, 1.165) is 31.7 Å². The zero-order valence-corrected chi connectivity index (χ0v) is 12.0. The van der Waals surface area contributed by atoms with Gasteiger partial charge >= 0.3 is 6.18 Å². The first-order chi connectivity index (χ1) is 10.0. The van der Waals surface area contributed by atoms with Crippen molar-refractivity contribution in [1.82, 2.24) is 5.32 Å². The highest BCUT2D eigenvalue weighted by atomic mass is 19.4. The SMILES string of the molecule is OCC(NC1CCCCCC1)c1ccccc1C(F)(F)F. The predicted molar refractivity (Wildman–Crippen MR) is 75.9 cm³/mol. The maximum Gasteiger partial charge on any atom is 0.416 e. The second-order valence-corrected chi connectivity index (χ2v) is 5.68. The molecule has 118 valence electrons. The molecule has 0 aromatic heterocycles. The zero-order chi connectivity index (χ0) is 15.3. The van der Waals surface area contributed by atoms with Gasteiger partial charge in [-0.2, -0.15) is 13.2 Å². The van der Waals surface area contributed by atoms with Crippen molar-refractivity contribution < 1.29 is 18.3 Å². The molecular formula is C16H22F3NO. The molecule has 1 aliphatic carbocycles. The van der Waals surface area contributed by atoms with Gasteiger partial charge in [0.25, 0.3) is 0 Å². The van der Waals surface area contributed by atoms with Crippen LogP contribution >= 0.6 is 0 Å². The van der Waals surface area contributed by atoms with Crippen molar-refractivity contribution in [3.05, 3.63) is 35.4 Å². The fraction of sp³-hybridized carbons (Fsp3) is 0.625. The summed E-state index contributed by atoms with van der Waals surface area (Å²) in [5.74, 6) is 0. The molecule has 1 aliphatic rings. The first-order valence-corrected chi connectivity index (χ1v) is 7.55. The summed E-state index contributed by atoms with van der Waals surface area (Å²) >= 11 is 0. The van der Waals surface area contributed by atoms with Crippen LogP contribution in [0.1, 0.15) is 55.7 Å². The van der Waals surface area contributed by atoms with E-state index in [1.165, 1.54) is 25.0 Å². The monoisotopic (exact) mass is 301 g/mol. The highest BCUT2D eigenvalue weighted by Crippen LogP contribution is 2.35. The first kappa shape index (κ1) is 16.3. The van der Waals surface area contributed by atoms with Crippen molar-refractivity contribution in [1.29, 1.82) is 0 Å². The van der Waals surface area contributed by atoms with Crippen LogP contribution in [0.4, 0.5) is 13.2 Å². The van der Waals surface area contributed by atoms with E-state index in [2.05, 4.69) is 5.32 Å². The van der Waals surface area contributed by atoms with E-state index in [1.54, 1.807) is 6.07 Å². The van der Waals surface area contributed by atoms with Gasteiger partial charge in [0.05, 0.1) is 18.2 Å². The number of hydrogen-bond donors (Lipinski definition) is 2. The fourth-order valence-electron chi connectivity index (χ4n) is 3.03. The van der Waals surface area contributed by atoms with E-state index in [1.807, 2.05) is 0 Å². The highest BCUT2D eigenvalue weighted by Gasteiger charge is 2.35. The van der Waals surface area contributed by atoms with Crippen LogP contribution in [0, 0.1) is 0 Å². The lowest BCUT2D eigenvalue weighted by Gasteiger charge is -2.26. The van der Waals surface area contributed by atoms with E-state index in [4.69, 9.17) is 0 Å². The Morgan fingerprint density at radius 2 is 1.71 bits per heavy atom. The minimum Gasteiger partial charge on any atom is -0.394 e. The molecule has 0 amide bonds. The molecule has 0 bridgehead atoms. The highest BCUT2D eigenvalue weighted by molar-refractivity contribution is 5.32. The average Bonchev–Trinajstić information content (AvgIpc) is 2.72. The number of rotatable bonds is 4. The van der Waals surface area contributed by atoms with Gasteiger partial charge in [-0.1, -0.05) is 43.9 Å². The quantitative estimate of drug-likeness (QED) is 0.822. The van der Waals surface area contributed by atoms with Gasteiger partial charge < -0.3 is 10.4 Å². The summed E-state index contributed by atoms with van der Waals surface area (Å²) in [4.78, 5) is 0. The maximum atomic E-state index is 13.1. The Morgan fingerprint density at radius 3 is 2.29 bits per heavy atom. The summed E-state index contributed by atoms with van der Waals surface area (Å²) < 4.78 is 39.2. The van der Waals surface area contributed by atoms with Gasteiger partial charge in [0, 0.05) is 6.04 Å². The largest absolute Gasteiger partial charge is 0.416 e. The molecule has 2 rings (SSSR count). The van der Waals surface area contributed by atoms with Gasteiger partial charge in [-0.15, -0.1) is 0 Å². The molecule has 0 aliphatic heterocycles. The summed E-state index contributed by atoms with van der Waals surface area (Å²) in [6.07, 6.45) is 2.08. The summed E-state index contributed by atoms with van der Waals surface area (Å²) in [6, 6.07) is 5.02. The van der Waals surface area contributed by atoms with Crippen LogP contribution in [-0.4, -0.2) is 17.8 Å². The Hall–Kier alpha value is -1.07. The molecule has 1 aromatic carbocycles. The second kappa shape index (κ2) is 7.27. The van der Waals surface area contributed by atoms with E-state index < -0.39 is 17.8 Å². The maximum absolute atomic E-state index is 13.1. The molecule has 1 unspecified atom stereocenters. The molecule has 1 aromatic rings. The van der Waals surface area contributed by atoms with Gasteiger partial charge in [0.15, 0.2) is 0 Å². The van der Waals surface area contributed by atoms with Crippen molar-refractivity contribution in [2.24, 2.45) is 0 Å². The van der Waals surface area contributed by atoms with Crippen LogP contribution in [0.5, 0.6) is 0 Å². The topological polar surface area (TPSA) is 32.3 Å². The first-order valence-electron chi connectivity index (χ1n) is 7.55. The predicted octanol–water partition coefficient (Wildman–Crippen LogP) is 4.05. The number of hydrogen-bond acceptors (Lipinski definition) is 2. The standard InChI is InChI=1S/C16H22F3NO/c17-16(18,19)14-10-6-5-9-13(14)15(11-21)20-12-7-3-1-2-4-8-12/h5-6,9-10,12,15,20-21H,1-4,7-8,11H2. The van der Waals surface area contributed by atoms with Crippen molar-refractivity contribution in [3.63, 3.8) is 0 Å². The molecule has 0 radical (unpaired) electrons. The lowest BCUT2D eigenvalue weighted by atomic mass is 9.98. The third-order valence-corrected chi connectivity index (χ3v) is 4.12.